The average molecular weight is 639 g/mol. The van der Waals surface area contributed by atoms with E-state index in [1.165, 1.54) is 0 Å². The van der Waals surface area contributed by atoms with Crippen LogP contribution in [0, 0.1) is 22.7 Å². The van der Waals surface area contributed by atoms with Gasteiger partial charge in [-0.25, -0.2) is 0 Å². The molecule has 0 amide bonds. The van der Waals surface area contributed by atoms with Crippen LogP contribution in [-0.4, -0.2) is 9.13 Å². The highest BCUT2D eigenvalue weighted by Gasteiger charge is 2.24. The maximum atomic E-state index is 10.8. The second-order valence-corrected chi connectivity index (χ2v) is 12.7. The summed E-state index contributed by atoms with van der Waals surface area (Å²) < 4.78 is 16.8. The molecule has 0 saturated heterocycles. The van der Waals surface area contributed by atoms with Crippen LogP contribution in [0.15, 0.2) is 142 Å². The summed E-state index contributed by atoms with van der Waals surface area (Å²) in [6.07, 6.45) is 0. The number of hydrogen-bond acceptors (Lipinski definition) is 4. The predicted octanol–water partition coefficient (Wildman–Crippen LogP) is 11.4. The Labute approximate surface area is 283 Å². The monoisotopic (exact) mass is 638 g/mol. The van der Waals surface area contributed by atoms with Gasteiger partial charge in [-0.15, -0.1) is 0 Å². The Morgan fingerprint density at radius 1 is 0.400 bits per heavy atom. The van der Waals surface area contributed by atoms with E-state index >= 15 is 0 Å². The molecule has 6 heteroatoms. The van der Waals surface area contributed by atoms with Crippen LogP contribution in [0.25, 0.3) is 98.9 Å². The molecule has 230 valence electrons. The number of fused-ring (bicyclic) bond motifs is 14. The second kappa shape index (κ2) is 9.64. The van der Waals surface area contributed by atoms with Crippen molar-refractivity contribution in [3.8, 4) is 23.5 Å². The van der Waals surface area contributed by atoms with Crippen molar-refractivity contribution in [2.45, 2.75) is 0 Å². The largest absolute Gasteiger partial charge is 0.456 e. The van der Waals surface area contributed by atoms with Gasteiger partial charge >= 0.3 is 0 Å². The van der Waals surface area contributed by atoms with Crippen LogP contribution in [0.5, 0.6) is 0 Å². The van der Waals surface area contributed by atoms with E-state index in [-0.39, 0.29) is 0 Å². The molecule has 4 heterocycles. The molecule has 0 N–H and O–H groups in total. The molecule has 4 aromatic heterocycles. The minimum atomic E-state index is 0.402. The van der Waals surface area contributed by atoms with E-state index in [2.05, 4.69) is 57.7 Å². The smallest absolute Gasteiger partial charge is 0.136 e. The van der Waals surface area contributed by atoms with Gasteiger partial charge in [-0.2, -0.15) is 10.5 Å². The van der Waals surface area contributed by atoms with Crippen molar-refractivity contribution in [2.75, 3.05) is 0 Å². The highest BCUT2D eigenvalue weighted by atomic mass is 16.3. The minimum absolute atomic E-state index is 0.402. The van der Waals surface area contributed by atoms with Gasteiger partial charge in [-0.05, 0) is 60.7 Å². The Morgan fingerprint density at radius 3 is 1.36 bits per heavy atom. The molecule has 0 radical (unpaired) electrons. The predicted molar refractivity (Wildman–Crippen MR) is 199 cm³/mol. The molecule has 0 aliphatic heterocycles. The van der Waals surface area contributed by atoms with Gasteiger partial charge in [0.15, 0.2) is 0 Å². The van der Waals surface area contributed by atoms with Crippen LogP contribution in [0.4, 0.5) is 0 Å². The number of hydrogen-bond donors (Lipinski definition) is 0. The first-order valence-electron chi connectivity index (χ1n) is 16.4. The Balaban J connectivity index is 1.24. The highest BCUT2D eigenvalue weighted by molar-refractivity contribution is 6.28. The van der Waals surface area contributed by atoms with Crippen molar-refractivity contribution in [3.63, 3.8) is 0 Å². The normalized spacial score (nSPS) is 12.0. The summed E-state index contributed by atoms with van der Waals surface area (Å²) in [5.41, 5.74) is 9.12. The summed E-state index contributed by atoms with van der Waals surface area (Å²) in [5.74, 6) is 0. The number of nitrogens with zero attached hydrogens (tertiary/aromatic N) is 4. The third-order valence-corrected chi connectivity index (χ3v) is 10.2. The average Bonchev–Trinajstić information content (AvgIpc) is 3.91. The van der Waals surface area contributed by atoms with Crippen molar-refractivity contribution in [1.82, 2.24) is 9.13 Å². The first-order chi connectivity index (χ1) is 24.7. The molecule has 0 bridgehead atoms. The zero-order valence-electron chi connectivity index (χ0n) is 26.3. The molecule has 0 aliphatic rings. The molecule has 11 aromatic rings. The van der Waals surface area contributed by atoms with Gasteiger partial charge < -0.3 is 18.0 Å². The van der Waals surface area contributed by atoms with Crippen LogP contribution >= 0.6 is 0 Å². The van der Waals surface area contributed by atoms with Gasteiger partial charge in [0.05, 0.1) is 38.9 Å². The lowest BCUT2D eigenvalue weighted by Crippen LogP contribution is -2.04. The first kappa shape index (κ1) is 26.8. The molecule has 7 aromatic carbocycles. The third kappa shape index (κ3) is 3.34. The standard InChI is InChI=1S/C44H22N4O2/c45-23-25-21-27(47-32-13-5-1-9-28(32)40-34(47)17-19-38-42(40)30-11-3-7-15-36(30)49-38)22-26(24-46)44(25)48-33-14-6-2-10-29(33)41-35(48)18-20-39-43(41)31-12-4-8-16-37(31)50-39/h1-22H. The van der Waals surface area contributed by atoms with E-state index in [0.717, 1.165) is 93.2 Å². The summed E-state index contributed by atoms with van der Waals surface area (Å²) in [7, 11) is 0. The molecule has 0 saturated carbocycles. The Kier molecular flexibility index (Phi) is 5.16. The molecule has 0 spiro atoms. The highest BCUT2D eigenvalue weighted by Crippen LogP contribution is 2.44. The van der Waals surface area contributed by atoms with Crippen molar-refractivity contribution >= 4 is 87.5 Å². The molecule has 0 aliphatic carbocycles. The van der Waals surface area contributed by atoms with Crippen molar-refractivity contribution in [1.29, 1.82) is 10.5 Å². The Bertz CT molecular complexity index is 3320. The maximum absolute atomic E-state index is 10.8. The molecule has 0 unspecified atom stereocenters. The fourth-order valence-electron chi connectivity index (χ4n) is 8.23. The van der Waals surface area contributed by atoms with E-state index in [0.29, 0.717) is 16.8 Å². The third-order valence-electron chi connectivity index (χ3n) is 10.2. The van der Waals surface area contributed by atoms with Crippen molar-refractivity contribution in [2.24, 2.45) is 0 Å². The number of para-hydroxylation sites is 4. The fourth-order valence-corrected chi connectivity index (χ4v) is 8.23. The van der Waals surface area contributed by atoms with Crippen molar-refractivity contribution < 1.29 is 8.83 Å². The van der Waals surface area contributed by atoms with E-state index in [1.807, 2.05) is 97.1 Å². The SMILES string of the molecule is N#Cc1cc(-n2c3ccccc3c3c4c(ccc32)oc2ccccc24)cc(C#N)c1-n1c2ccccc2c2c3c(ccc21)oc1ccccc13. The molecule has 6 nitrogen and oxygen atoms in total. The Hall–Kier alpha value is -7.28. The number of furan rings is 2. The number of benzene rings is 7. The van der Waals surface area contributed by atoms with Crippen LogP contribution in [0.2, 0.25) is 0 Å². The first-order valence-corrected chi connectivity index (χ1v) is 16.4. The van der Waals surface area contributed by atoms with Gasteiger partial charge in [-0.3, -0.25) is 0 Å². The minimum Gasteiger partial charge on any atom is -0.456 e. The number of aromatic nitrogens is 2. The van der Waals surface area contributed by atoms with Crippen molar-refractivity contribution in [3.05, 3.63) is 145 Å². The van der Waals surface area contributed by atoms with Gasteiger partial charge in [0.1, 0.15) is 34.5 Å². The van der Waals surface area contributed by atoms with E-state index < -0.39 is 0 Å². The lowest BCUT2D eigenvalue weighted by atomic mass is 10.0. The molecular formula is C44H22N4O2. The van der Waals surface area contributed by atoms with Crippen LogP contribution < -0.4 is 0 Å². The van der Waals surface area contributed by atoms with Gasteiger partial charge in [0.2, 0.25) is 0 Å². The molecule has 50 heavy (non-hydrogen) atoms. The van der Waals surface area contributed by atoms with E-state index in [4.69, 9.17) is 8.83 Å². The zero-order chi connectivity index (χ0) is 33.1. The zero-order valence-corrected chi connectivity index (χ0v) is 26.3. The van der Waals surface area contributed by atoms with Gasteiger partial charge in [0.25, 0.3) is 0 Å². The molecular weight excluding hydrogens is 617 g/mol. The maximum Gasteiger partial charge on any atom is 0.136 e. The Morgan fingerprint density at radius 2 is 0.840 bits per heavy atom. The number of nitriles is 2. The lowest BCUT2D eigenvalue weighted by molar-refractivity contribution is 0.669. The topological polar surface area (TPSA) is 83.7 Å². The summed E-state index contributed by atoms with van der Waals surface area (Å²) in [6.45, 7) is 0. The number of rotatable bonds is 2. The van der Waals surface area contributed by atoms with Crippen LogP contribution in [0.3, 0.4) is 0 Å². The van der Waals surface area contributed by atoms with E-state index in [9.17, 15) is 10.5 Å². The molecule has 11 rings (SSSR count). The van der Waals surface area contributed by atoms with Gasteiger partial charge in [-0.1, -0.05) is 72.8 Å². The van der Waals surface area contributed by atoms with Crippen LogP contribution in [0.1, 0.15) is 11.1 Å². The lowest BCUT2D eigenvalue weighted by Gasteiger charge is -2.15. The summed E-state index contributed by atoms with van der Waals surface area (Å²) in [6, 6.07) is 49.5. The van der Waals surface area contributed by atoms with Crippen LogP contribution in [-0.2, 0) is 0 Å². The molecule has 0 atom stereocenters. The molecule has 0 fully saturated rings. The summed E-state index contributed by atoms with van der Waals surface area (Å²) >= 11 is 0. The summed E-state index contributed by atoms with van der Waals surface area (Å²) in [4.78, 5) is 0. The quantitative estimate of drug-likeness (QED) is 0.189. The summed E-state index contributed by atoms with van der Waals surface area (Å²) in [5, 5.41) is 30.0. The second-order valence-electron chi connectivity index (χ2n) is 12.7. The van der Waals surface area contributed by atoms with Gasteiger partial charge in [0, 0.05) is 48.8 Å². The van der Waals surface area contributed by atoms with E-state index in [1.54, 1.807) is 0 Å². The fraction of sp³-hybridized carbons (Fsp3) is 0.